The van der Waals surface area contributed by atoms with Crippen LogP contribution in [0.5, 0.6) is 11.5 Å². The molecular formula is C31H32O7S. The van der Waals surface area contributed by atoms with Crippen LogP contribution in [0, 0.1) is 18.8 Å². The van der Waals surface area contributed by atoms with Crippen molar-refractivity contribution in [2.45, 2.75) is 56.4 Å². The van der Waals surface area contributed by atoms with E-state index < -0.39 is 10.1 Å². The first-order valence-electron chi connectivity index (χ1n) is 13.2. The highest BCUT2D eigenvalue weighted by Gasteiger charge is 2.39. The minimum atomic E-state index is -4.09. The zero-order valence-electron chi connectivity index (χ0n) is 22.3. The molecule has 204 valence electrons. The molecule has 3 aromatic carbocycles. The number of ether oxygens (including phenoxy) is 2. The number of benzene rings is 3. The molecular weight excluding hydrogens is 516 g/mol. The minimum Gasteiger partial charge on any atom is -0.485 e. The fourth-order valence-electron chi connectivity index (χ4n) is 5.39. The fraction of sp³-hybridized carbons (Fsp3) is 0.355. The summed E-state index contributed by atoms with van der Waals surface area (Å²) >= 11 is 0. The Morgan fingerprint density at radius 2 is 1.77 bits per heavy atom. The van der Waals surface area contributed by atoms with Crippen molar-refractivity contribution < 1.29 is 31.7 Å². The third-order valence-corrected chi connectivity index (χ3v) is 8.95. The second-order valence-electron chi connectivity index (χ2n) is 10.5. The van der Waals surface area contributed by atoms with Crippen molar-refractivity contribution in [1.82, 2.24) is 0 Å². The molecule has 1 fully saturated rings. The number of fused-ring (bicyclic) bond motifs is 1. The average Bonchev–Trinajstić information content (AvgIpc) is 3.77. The van der Waals surface area contributed by atoms with Gasteiger partial charge in [0.2, 0.25) is 0 Å². The molecule has 0 aromatic heterocycles. The van der Waals surface area contributed by atoms with Gasteiger partial charge in [0.1, 0.15) is 16.7 Å². The summed E-state index contributed by atoms with van der Waals surface area (Å²) in [6.07, 6.45) is 3.96. The van der Waals surface area contributed by atoms with Gasteiger partial charge in [-0.1, -0.05) is 42.8 Å². The van der Waals surface area contributed by atoms with Crippen molar-refractivity contribution in [3.8, 4) is 11.5 Å². The second-order valence-corrected chi connectivity index (χ2v) is 12.0. The van der Waals surface area contributed by atoms with Crippen LogP contribution in [0.3, 0.4) is 0 Å². The van der Waals surface area contributed by atoms with Gasteiger partial charge < -0.3 is 13.7 Å². The predicted octanol–water partition coefficient (Wildman–Crippen LogP) is 5.94. The molecule has 3 aromatic rings. The molecule has 1 saturated carbocycles. The van der Waals surface area contributed by atoms with Crippen LogP contribution in [0.25, 0.3) is 0 Å². The first-order valence-corrected chi connectivity index (χ1v) is 14.6. The lowest BCUT2D eigenvalue weighted by Crippen LogP contribution is -2.23. The van der Waals surface area contributed by atoms with Crippen LogP contribution < -0.4 is 8.92 Å². The number of esters is 1. The molecule has 7 nitrogen and oxygen atoms in total. The highest BCUT2D eigenvalue weighted by Crippen LogP contribution is 2.48. The number of hydrogen-bond donors (Lipinski definition) is 0. The summed E-state index contributed by atoms with van der Waals surface area (Å²) in [7, 11) is -2.67. The van der Waals surface area contributed by atoms with Crippen LogP contribution in [0.4, 0.5) is 0 Å². The summed E-state index contributed by atoms with van der Waals surface area (Å²) in [6.45, 7) is 3.78. The topological polar surface area (TPSA) is 96.0 Å². The number of carbonyl (C=O) groups is 2. The van der Waals surface area contributed by atoms with Gasteiger partial charge in [0.25, 0.3) is 0 Å². The van der Waals surface area contributed by atoms with E-state index in [1.165, 1.54) is 25.3 Å². The lowest BCUT2D eigenvalue weighted by atomic mass is 9.82. The van der Waals surface area contributed by atoms with E-state index in [1.54, 1.807) is 24.3 Å². The molecule has 0 bridgehead atoms. The zero-order valence-corrected chi connectivity index (χ0v) is 23.1. The maximum absolute atomic E-state index is 12.8. The maximum atomic E-state index is 12.8. The molecule has 5 rings (SSSR count). The fourth-order valence-corrected chi connectivity index (χ4v) is 6.35. The monoisotopic (exact) mass is 548 g/mol. The maximum Gasteiger partial charge on any atom is 0.339 e. The Bertz CT molecular complexity index is 1490. The van der Waals surface area contributed by atoms with Crippen LogP contribution in [-0.4, -0.2) is 27.8 Å². The highest BCUT2D eigenvalue weighted by atomic mass is 32.2. The van der Waals surface area contributed by atoms with Gasteiger partial charge in [-0.2, -0.15) is 8.42 Å². The zero-order chi connectivity index (χ0) is 27.7. The Labute approximate surface area is 229 Å². The number of aldehydes is 1. The van der Waals surface area contributed by atoms with Gasteiger partial charge >= 0.3 is 16.1 Å². The lowest BCUT2D eigenvalue weighted by molar-refractivity contribution is -0.145. The number of hydrogen-bond acceptors (Lipinski definition) is 7. The molecule has 2 aliphatic rings. The number of rotatable bonds is 9. The van der Waals surface area contributed by atoms with Crippen LogP contribution in [-0.2, 0) is 26.1 Å². The summed E-state index contributed by atoms with van der Waals surface area (Å²) in [5.74, 6) is 0.796. The minimum absolute atomic E-state index is 0.0167. The van der Waals surface area contributed by atoms with Crippen molar-refractivity contribution in [2.75, 3.05) is 7.11 Å². The molecule has 1 aliphatic carbocycles. The molecule has 1 aliphatic heterocycles. The molecule has 0 spiro atoms. The Kier molecular flexibility index (Phi) is 7.49. The van der Waals surface area contributed by atoms with Crippen LogP contribution in [0.2, 0.25) is 0 Å². The molecule has 0 N–H and O–H groups in total. The van der Waals surface area contributed by atoms with E-state index >= 15 is 0 Å². The molecule has 8 heteroatoms. The average molecular weight is 549 g/mol. The standard InChI is InChI=1S/C31H32O7S/c1-19-4-12-26(13-5-19)39(34,35)38-28-15-11-23(16-25(28)18-32)27-14-10-21-6-9-24(17-29(21)37-27)30(22-7-8-22)20(2)31(33)36-3/h4-6,9,11-13,15-18,20,22,27,30H,7-8,10,14H2,1-3H3. The number of aryl methyl sites for hydroxylation is 2. The Hall–Kier alpha value is -3.65. The van der Waals surface area contributed by atoms with E-state index in [4.69, 9.17) is 13.7 Å². The van der Waals surface area contributed by atoms with Crippen molar-refractivity contribution in [3.63, 3.8) is 0 Å². The van der Waals surface area contributed by atoms with Crippen LogP contribution in [0.1, 0.15) is 70.8 Å². The van der Waals surface area contributed by atoms with E-state index in [0.717, 1.165) is 47.3 Å². The predicted molar refractivity (Wildman–Crippen MR) is 146 cm³/mol. The number of carbonyl (C=O) groups excluding carboxylic acids is 2. The quantitative estimate of drug-likeness (QED) is 0.185. The van der Waals surface area contributed by atoms with Crippen molar-refractivity contribution in [3.05, 3.63) is 88.5 Å². The normalized spacial score (nSPS) is 18.3. The van der Waals surface area contributed by atoms with Crippen molar-refractivity contribution in [1.29, 1.82) is 0 Å². The molecule has 1 heterocycles. The van der Waals surface area contributed by atoms with Crippen LogP contribution >= 0.6 is 0 Å². The van der Waals surface area contributed by atoms with Crippen LogP contribution in [0.15, 0.2) is 65.6 Å². The van der Waals surface area contributed by atoms with Gasteiger partial charge in [0.05, 0.1) is 18.6 Å². The smallest absolute Gasteiger partial charge is 0.339 e. The molecule has 0 radical (unpaired) electrons. The van der Waals surface area contributed by atoms with Gasteiger partial charge in [-0.05, 0) is 91.5 Å². The van der Waals surface area contributed by atoms with E-state index in [1.807, 2.05) is 19.9 Å². The van der Waals surface area contributed by atoms with E-state index in [2.05, 4.69) is 12.1 Å². The summed E-state index contributed by atoms with van der Waals surface area (Å²) in [5.41, 5.74) is 3.97. The van der Waals surface area contributed by atoms with Gasteiger partial charge in [-0.15, -0.1) is 0 Å². The van der Waals surface area contributed by atoms with Gasteiger partial charge in [-0.25, -0.2) is 0 Å². The second kappa shape index (κ2) is 10.8. The van der Waals surface area contributed by atoms with E-state index in [9.17, 15) is 18.0 Å². The van der Waals surface area contributed by atoms with Crippen molar-refractivity contribution in [2.24, 2.45) is 11.8 Å². The molecule has 3 unspecified atom stereocenters. The van der Waals surface area contributed by atoms with Gasteiger partial charge in [0.15, 0.2) is 12.0 Å². The third kappa shape index (κ3) is 5.71. The largest absolute Gasteiger partial charge is 0.485 e. The Morgan fingerprint density at radius 1 is 1.03 bits per heavy atom. The molecule has 3 atom stereocenters. The first kappa shape index (κ1) is 26.9. The third-order valence-electron chi connectivity index (χ3n) is 7.70. The summed E-state index contributed by atoms with van der Waals surface area (Å²) in [5, 5.41) is 0. The summed E-state index contributed by atoms with van der Waals surface area (Å²) in [6, 6.07) is 17.4. The Morgan fingerprint density at radius 3 is 2.44 bits per heavy atom. The number of methoxy groups -OCH3 is 1. The highest BCUT2D eigenvalue weighted by molar-refractivity contribution is 7.87. The van der Waals surface area contributed by atoms with Gasteiger partial charge in [-0.3, -0.25) is 9.59 Å². The first-order chi connectivity index (χ1) is 18.7. The van der Waals surface area contributed by atoms with Gasteiger partial charge in [0, 0.05) is 0 Å². The molecule has 0 amide bonds. The molecule has 0 saturated heterocycles. The summed E-state index contributed by atoms with van der Waals surface area (Å²) in [4.78, 5) is 24.2. The van der Waals surface area contributed by atoms with E-state index in [-0.39, 0.29) is 40.1 Å². The lowest BCUT2D eigenvalue weighted by Gasteiger charge is -2.29. The van der Waals surface area contributed by atoms with E-state index in [0.29, 0.717) is 18.6 Å². The molecule has 39 heavy (non-hydrogen) atoms. The van der Waals surface area contributed by atoms with Crippen molar-refractivity contribution >= 4 is 22.4 Å². The Balaban J connectivity index is 1.37. The summed E-state index contributed by atoms with van der Waals surface area (Å²) < 4.78 is 42.3. The SMILES string of the molecule is COC(=O)C(C)C(c1ccc2c(c1)OC(c1ccc(OS(=O)(=O)c3ccc(C)cc3)c(C=O)c1)CC2)C1CC1.